The van der Waals surface area contributed by atoms with E-state index in [9.17, 15) is 4.79 Å². The van der Waals surface area contributed by atoms with Gasteiger partial charge in [-0.2, -0.15) is 0 Å². The SMILES string of the molecule is CSc1ccccc1N1C(=O)CN(Cc2ccc(Oc3ncccn3)cc2)CC1C. The van der Waals surface area contributed by atoms with Crippen LogP contribution in [0.5, 0.6) is 11.8 Å². The zero-order chi connectivity index (χ0) is 20.9. The summed E-state index contributed by atoms with van der Waals surface area (Å²) in [5, 5.41) is 0. The van der Waals surface area contributed by atoms with Gasteiger partial charge in [0.1, 0.15) is 5.75 Å². The number of nitrogens with zero attached hydrogens (tertiary/aromatic N) is 4. The number of carbonyl (C=O) groups excluding carboxylic acids is 1. The maximum atomic E-state index is 13.0. The number of amides is 1. The first kappa shape index (κ1) is 20.4. The lowest BCUT2D eigenvalue weighted by molar-refractivity contribution is -0.122. The molecule has 0 bridgehead atoms. The normalized spacial score (nSPS) is 17.2. The molecule has 2 heterocycles. The van der Waals surface area contributed by atoms with Gasteiger partial charge in [0.2, 0.25) is 5.91 Å². The van der Waals surface area contributed by atoms with E-state index in [0.717, 1.165) is 29.2 Å². The van der Waals surface area contributed by atoms with Gasteiger partial charge in [0.25, 0.3) is 0 Å². The van der Waals surface area contributed by atoms with Crippen LogP contribution in [0.1, 0.15) is 12.5 Å². The fourth-order valence-corrected chi connectivity index (χ4v) is 4.31. The Bertz CT molecular complexity index is 998. The van der Waals surface area contributed by atoms with Crippen LogP contribution in [0.3, 0.4) is 0 Å². The Kier molecular flexibility index (Phi) is 6.30. The molecule has 30 heavy (non-hydrogen) atoms. The van der Waals surface area contributed by atoms with Crippen LogP contribution in [0.25, 0.3) is 0 Å². The number of anilines is 1. The quantitative estimate of drug-likeness (QED) is 0.556. The van der Waals surface area contributed by atoms with Crippen LogP contribution in [0.4, 0.5) is 5.69 Å². The summed E-state index contributed by atoms with van der Waals surface area (Å²) in [5.74, 6) is 0.823. The minimum Gasteiger partial charge on any atom is -0.424 e. The first-order valence-electron chi connectivity index (χ1n) is 9.85. The van der Waals surface area contributed by atoms with Gasteiger partial charge in [0, 0.05) is 36.4 Å². The summed E-state index contributed by atoms with van der Waals surface area (Å²) in [7, 11) is 0. The second-order valence-electron chi connectivity index (χ2n) is 7.23. The van der Waals surface area contributed by atoms with Gasteiger partial charge in [-0.1, -0.05) is 24.3 Å². The van der Waals surface area contributed by atoms with Crippen molar-refractivity contribution in [2.45, 2.75) is 24.4 Å². The van der Waals surface area contributed by atoms with Gasteiger partial charge >= 0.3 is 6.01 Å². The zero-order valence-corrected chi connectivity index (χ0v) is 17.9. The standard InChI is InChI=1S/C23H24N4O2S/c1-17-14-26(16-22(28)27(17)20-6-3-4-7-21(20)30-2)15-18-8-10-19(11-9-18)29-23-24-12-5-13-25-23/h3-13,17H,14-16H2,1-2H3. The van der Waals surface area contributed by atoms with Crippen LogP contribution >= 0.6 is 11.8 Å². The van der Waals surface area contributed by atoms with E-state index in [0.29, 0.717) is 18.3 Å². The van der Waals surface area contributed by atoms with Crippen molar-refractivity contribution in [3.05, 3.63) is 72.6 Å². The van der Waals surface area contributed by atoms with Gasteiger partial charge in [-0.3, -0.25) is 9.69 Å². The van der Waals surface area contributed by atoms with Crippen LogP contribution < -0.4 is 9.64 Å². The first-order chi connectivity index (χ1) is 14.6. The molecule has 1 amide bonds. The zero-order valence-electron chi connectivity index (χ0n) is 17.1. The highest BCUT2D eigenvalue weighted by atomic mass is 32.2. The summed E-state index contributed by atoms with van der Waals surface area (Å²) < 4.78 is 5.64. The third-order valence-corrected chi connectivity index (χ3v) is 5.80. The number of benzene rings is 2. The lowest BCUT2D eigenvalue weighted by Crippen LogP contribution is -2.55. The van der Waals surface area contributed by atoms with Crippen molar-refractivity contribution in [3.63, 3.8) is 0 Å². The number of para-hydroxylation sites is 1. The summed E-state index contributed by atoms with van der Waals surface area (Å²) in [6, 6.07) is 18.1. The summed E-state index contributed by atoms with van der Waals surface area (Å²) in [6.07, 6.45) is 5.33. The Morgan fingerprint density at radius 3 is 2.50 bits per heavy atom. The molecule has 154 valence electrons. The number of rotatable bonds is 6. The van der Waals surface area contributed by atoms with Crippen LogP contribution in [-0.4, -0.2) is 46.2 Å². The predicted molar refractivity (Wildman–Crippen MR) is 119 cm³/mol. The topological polar surface area (TPSA) is 58.6 Å². The molecule has 4 rings (SSSR count). The van der Waals surface area contributed by atoms with Crippen molar-refractivity contribution >= 4 is 23.4 Å². The second kappa shape index (κ2) is 9.28. The Labute approximate surface area is 180 Å². The summed E-state index contributed by atoms with van der Waals surface area (Å²) in [5.41, 5.74) is 2.14. The Morgan fingerprint density at radius 2 is 1.80 bits per heavy atom. The highest BCUT2D eigenvalue weighted by Gasteiger charge is 2.31. The number of carbonyl (C=O) groups is 1. The first-order valence-corrected chi connectivity index (χ1v) is 11.1. The molecule has 1 aliphatic rings. The van der Waals surface area contributed by atoms with E-state index < -0.39 is 0 Å². The van der Waals surface area contributed by atoms with Crippen LogP contribution in [0.15, 0.2) is 71.9 Å². The molecule has 6 nitrogen and oxygen atoms in total. The molecule has 7 heteroatoms. The fraction of sp³-hybridized carbons (Fsp3) is 0.261. The van der Waals surface area contributed by atoms with Crippen molar-refractivity contribution in [3.8, 4) is 11.8 Å². The van der Waals surface area contributed by atoms with E-state index in [2.05, 4.69) is 27.9 Å². The van der Waals surface area contributed by atoms with E-state index in [4.69, 9.17) is 4.74 Å². The van der Waals surface area contributed by atoms with Crippen LogP contribution in [0.2, 0.25) is 0 Å². The molecule has 1 aromatic heterocycles. The maximum Gasteiger partial charge on any atom is 0.321 e. The third kappa shape index (κ3) is 4.63. The van der Waals surface area contributed by atoms with Crippen molar-refractivity contribution in [2.24, 2.45) is 0 Å². The van der Waals surface area contributed by atoms with Gasteiger partial charge in [0.05, 0.1) is 12.2 Å². The summed E-state index contributed by atoms with van der Waals surface area (Å²) >= 11 is 1.67. The Morgan fingerprint density at radius 1 is 1.07 bits per heavy atom. The molecule has 0 saturated carbocycles. The van der Waals surface area contributed by atoms with E-state index >= 15 is 0 Å². The number of piperazine rings is 1. The maximum absolute atomic E-state index is 13.0. The molecular weight excluding hydrogens is 396 g/mol. The van der Waals surface area contributed by atoms with Gasteiger partial charge in [0.15, 0.2) is 0 Å². The lowest BCUT2D eigenvalue weighted by Gasteiger charge is -2.40. The molecule has 0 spiro atoms. The van der Waals surface area contributed by atoms with Crippen LogP contribution in [-0.2, 0) is 11.3 Å². The Balaban J connectivity index is 1.40. The number of hydrogen-bond donors (Lipinski definition) is 0. The number of aromatic nitrogens is 2. The van der Waals surface area contributed by atoms with Crippen molar-refractivity contribution in [2.75, 3.05) is 24.2 Å². The number of ether oxygens (including phenoxy) is 1. The molecule has 1 fully saturated rings. The van der Waals surface area contributed by atoms with E-state index in [1.807, 2.05) is 53.6 Å². The third-order valence-electron chi connectivity index (χ3n) is 5.02. The largest absolute Gasteiger partial charge is 0.424 e. The van der Waals surface area contributed by atoms with Gasteiger partial charge in [-0.15, -0.1) is 11.8 Å². The molecule has 0 radical (unpaired) electrons. The van der Waals surface area contributed by atoms with Gasteiger partial charge < -0.3 is 9.64 Å². The average Bonchev–Trinajstić information content (AvgIpc) is 2.76. The van der Waals surface area contributed by atoms with Gasteiger partial charge in [-0.25, -0.2) is 9.97 Å². The molecule has 1 aliphatic heterocycles. The van der Waals surface area contributed by atoms with Crippen molar-refractivity contribution in [1.82, 2.24) is 14.9 Å². The smallest absolute Gasteiger partial charge is 0.321 e. The fourth-order valence-electron chi connectivity index (χ4n) is 3.72. The number of hydrogen-bond acceptors (Lipinski definition) is 6. The van der Waals surface area contributed by atoms with Gasteiger partial charge in [-0.05, 0) is 49.1 Å². The minimum atomic E-state index is 0.109. The molecule has 3 aromatic rings. The second-order valence-corrected chi connectivity index (χ2v) is 8.08. The molecule has 1 saturated heterocycles. The van der Waals surface area contributed by atoms with Crippen LogP contribution in [0, 0.1) is 0 Å². The van der Waals surface area contributed by atoms with E-state index in [-0.39, 0.29) is 11.9 Å². The molecule has 0 aliphatic carbocycles. The minimum absolute atomic E-state index is 0.109. The molecular formula is C23H24N4O2S. The highest BCUT2D eigenvalue weighted by molar-refractivity contribution is 7.98. The van der Waals surface area contributed by atoms with Crippen molar-refractivity contribution < 1.29 is 9.53 Å². The summed E-state index contributed by atoms with van der Waals surface area (Å²) in [4.78, 5) is 26.4. The lowest BCUT2D eigenvalue weighted by atomic mass is 10.1. The summed E-state index contributed by atoms with van der Waals surface area (Å²) in [6.45, 7) is 4.06. The van der Waals surface area contributed by atoms with E-state index in [1.54, 1.807) is 30.2 Å². The molecule has 1 unspecified atom stereocenters. The van der Waals surface area contributed by atoms with E-state index in [1.165, 1.54) is 0 Å². The average molecular weight is 421 g/mol. The Hall–Kier alpha value is -2.90. The number of thioether (sulfide) groups is 1. The van der Waals surface area contributed by atoms with Crippen molar-refractivity contribution in [1.29, 1.82) is 0 Å². The predicted octanol–water partition coefficient (Wildman–Crippen LogP) is 4.23. The molecule has 0 N–H and O–H groups in total. The molecule has 2 aromatic carbocycles. The molecule has 1 atom stereocenters. The monoisotopic (exact) mass is 420 g/mol. The highest BCUT2D eigenvalue weighted by Crippen LogP contribution is 2.31.